The van der Waals surface area contributed by atoms with E-state index in [1.165, 1.54) is 25.7 Å². The molecule has 6 heteroatoms. The number of carbonyl (C=O) groups excluding carboxylic acids is 1. The van der Waals surface area contributed by atoms with Crippen molar-refractivity contribution in [3.05, 3.63) is 0 Å². The molecule has 1 unspecified atom stereocenters. The smallest absolute Gasteiger partial charge is 0.305 e. The van der Waals surface area contributed by atoms with Gasteiger partial charge in [-0.05, 0) is 25.2 Å². The number of ether oxygens (including phenoxy) is 5. The molecule has 0 fully saturated rings. The Morgan fingerprint density at radius 2 is 1.17 bits per heavy atom. The van der Waals surface area contributed by atoms with Crippen LogP contribution >= 0.6 is 0 Å². The summed E-state index contributed by atoms with van der Waals surface area (Å²) in [4.78, 5) is 11.8. The van der Waals surface area contributed by atoms with Gasteiger partial charge in [-0.1, -0.05) is 52.9 Å². The average molecular weight is 419 g/mol. The Hall–Kier alpha value is -0.690. The van der Waals surface area contributed by atoms with Crippen LogP contribution in [-0.4, -0.2) is 65.4 Å². The van der Waals surface area contributed by atoms with Crippen molar-refractivity contribution in [1.29, 1.82) is 0 Å². The number of carbonyl (C=O) groups is 1. The molecule has 0 bridgehead atoms. The third-order valence-electron chi connectivity index (χ3n) is 4.70. The Morgan fingerprint density at radius 3 is 1.69 bits per heavy atom. The Kier molecular flexibility index (Phi) is 23.0. The van der Waals surface area contributed by atoms with E-state index >= 15 is 0 Å². The Bertz CT molecular complexity index is 337. The topological polar surface area (TPSA) is 63.2 Å². The summed E-state index contributed by atoms with van der Waals surface area (Å²) in [5.41, 5.74) is 0. The van der Waals surface area contributed by atoms with E-state index in [1.54, 1.807) is 0 Å². The third kappa shape index (κ3) is 21.8. The highest BCUT2D eigenvalue weighted by Crippen LogP contribution is 2.13. The van der Waals surface area contributed by atoms with Crippen molar-refractivity contribution in [3.8, 4) is 0 Å². The van der Waals surface area contributed by atoms with E-state index in [9.17, 15) is 4.79 Å². The maximum absolute atomic E-state index is 11.8. The second-order valence-electron chi connectivity index (χ2n) is 7.36. The molecule has 0 N–H and O–H groups in total. The van der Waals surface area contributed by atoms with Crippen LogP contribution in [0.1, 0.15) is 78.6 Å². The highest BCUT2D eigenvalue weighted by atomic mass is 16.6. The average Bonchev–Trinajstić information content (AvgIpc) is 2.73. The summed E-state index contributed by atoms with van der Waals surface area (Å²) in [5, 5.41) is 0. The molecule has 0 rings (SSSR count). The normalized spacial score (nSPS) is 12.2. The first-order chi connectivity index (χ1) is 14.2. The van der Waals surface area contributed by atoms with Gasteiger partial charge in [0.15, 0.2) is 0 Å². The number of unbranched alkanes of at least 4 members (excludes halogenated alkanes) is 3. The first-order valence-electron chi connectivity index (χ1n) is 11.7. The molecule has 0 spiro atoms. The third-order valence-corrected chi connectivity index (χ3v) is 4.70. The zero-order valence-corrected chi connectivity index (χ0v) is 19.3. The summed E-state index contributed by atoms with van der Waals surface area (Å²) in [6, 6.07) is 0. The van der Waals surface area contributed by atoms with Gasteiger partial charge in [0, 0.05) is 19.6 Å². The largest absolute Gasteiger partial charge is 0.465 e. The van der Waals surface area contributed by atoms with Crippen molar-refractivity contribution in [3.63, 3.8) is 0 Å². The van der Waals surface area contributed by atoms with Gasteiger partial charge in [-0.2, -0.15) is 0 Å². The lowest BCUT2D eigenvalue weighted by atomic mass is 10.0. The van der Waals surface area contributed by atoms with E-state index in [4.69, 9.17) is 23.7 Å². The molecule has 1 atom stereocenters. The molecule has 0 aromatic rings. The van der Waals surface area contributed by atoms with Crippen molar-refractivity contribution in [2.75, 3.05) is 59.5 Å². The van der Waals surface area contributed by atoms with Crippen LogP contribution in [0, 0.1) is 5.92 Å². The maximum atomic E-state index is 11.8. The Labute approximate surface area is 178 Å². The molecule has 0 aliphatic carbocycles. The molecule has 0 saturated carbocycles. The van der Waals surface area contributed by atoms with Crippen molar-refractivity contribution < 1.29 is 28.5 Å². The van der Waals surface area contributed by atoms with Gasteiger partial charge in [-0.25, -0.2) is 0 Å². The van der Waals surface area contributed by atoms with E-state index in [0.717, 1.165) is 25.9 Å². The first-order valence-corrected chi connectivity index (χ1v) is 11.7. The standard InChI is InChI=1S/C23H46O6/c1-4-7-9-13-25-15-17-27-19-20-28-18-16-26-14-10-12-23(24)29-21-22(6-3)11-8-5-2/h22H,4-21H2,1-3H3. The first kappa shape index (κ1) is 28.3. The molecule has 0 radical (unpaired) electrons. The molecule has 6 nitrogen and oxygen atoms in total. The van der Waals surface area contributed by atoms with Gasteiger partial charge in [0.25, 0.3) is 0 Å². The van der Waals surface area contributed by atoms with Crippen LogP contribution in [0.5, 0.6) is 0 Å². The van der Waals surface area contributed by atoms with Crippen LogP contribution in [-0.2, 0) is 28.5 Å². The van der Waals surface area contributed by atoms with Gasteiger partial charge < -0.3 is 23.7 Å². The summed E-state index contributed by atoms with van der Waals surface area (Å²) >= 11 is 0. The van der Waals surface area contributed by atoms with Gasteiger partial charge in [0.05, 0.1) is 46.2 Å². The number of hydrogen-bond acceptors (Lipinski definition) is 6. The molecular weight excluding hydrogens is 372 g/mol. The highest BCUT2D eigenvalue weighted by Gasteiger charge is 2.09. The zero-order valence-electron chi connectivity index (χ0n) is 19.3. The van der Waals surface area contributed by atoms with Crippen LogP contribution < -0.4 is 0 Å². The molecule has 29 heavy (non-hydrogen) atoms. The lowest BCUT2D eigenvalue weighted by molar-refractivity contribution is -0.145. The number of rotatable bonds is 23. The van der Waals surface area contributed by atoms with E-state index in [1.807, 2.05) is 0 Å². The van der Waals surface area contributed by atoms with Crippen molar-refractivity contribution in [2.45, 2.75) is 78.6 Å². The lowest BCUT2D eigenvalue weighted by Crippen LogP contribution is -2.15. The van der Waals surface area contributed by atoms with Crippen LogP contribution in [0.4, 0.5) is 0 Å². The molecule has 0 heterocycles. The predicted molar refractivity (Wildman–Crippen MR) is 116 cm³/mol. The SMILES string of the molecule is CCCCCOCCOCCOCCOCCCC(=O)OCC(CC)CCCC. The second-order valence-corrected chi connectivity index (χ2v) is 7.36. The summed E-state index contributed by atoms with van der Waals surface area (Å²) in [6.07, 6.45) is 9.25. The van der Waals surface area contributed by atoms with Crippen LogP contribution in [0.3, 0.4) is 0 Å². The van der Waals surface area contributed by atoms with Gasteiger partial charge >= 0.3 is 5.97 Å². The predicted octanol–water partition coefficient (Wildman–Crippen LogP) is 4.78. The molecule has 0 aliphatic rings. The number of hydrogen-bond donors (Lipinski definition) is 0. The summed E-state index contributed by atoms with van der Waals surface area (Å²) in [7, 11) is 0. The van der Waals surface area contributed by atoms with E-state index in [2.05, 4.69) is 20.8 Å². The monoisotopic (exact) mass is 418 g/mol. The molecule has 0 amide bonds. The zero-order chi connectivity index (χ0) is 21.4. The van der Waals surface area contributed by atoms with Gasteiger partial charge in [-0.15, -0.1) is 0 Å². The molecule has 174 valence electrons. The van der Waals surface area contributed by atoms with Crippen molar-refractivity contribution in [1.82, 2.24) is 0 Å². The fourth-order valence-electron chi connectivity index (χ4n) is 2.72. The minimum absolute atomic E-state index is 0.119. The van der Waals surface area contributed by atoms with E-state index in [0.29, 0.717) is 71.6 Å². The Balaban J connectivity index is 3.25. The van der Waals surface area contributed by atoms with Gasteiger partial charge in [0.1, 0.15) is 0 Å². The molecular formula is C23H46O6. The molecule has 0 aromatic carbocycles. The maximum Gasteiger partial charge on any atom is 0.305 e. The van der Waals surface area contributed by atoms with Gasteiger partial charge in [-0.3, -0.25) is 4.79 Å². The summed E-state index contributed by atoms with van der Waals surface area (Å²) in [6.45, 7) is 11.9. The minimum Gasteiger partial charge on any atom is -0.465 e. The van der Waals surface area contributed by atoms with Crippen LogP contribution in [0.25, 0.3) is 0 Å². The quantitative estimate of drug-likeness (QED) is 0.176. The number of esters is 1. The highest BCUT2D eigenvalue weighted by molar-refractivity contribution is 5.69. The lowest BCUT2D eigenvalue weighted by Gasteiger charge is -2.14. The Morgan fingerprint density at radius 1 is 0.655 bits per heavy atom. The molecule has 0 saturated heterocycles. The molecule has 0 aromatic heterocycles. The van der Waals surface area contributed by atoms with E-state index in [-0.39, 0.29) is 5.97 Å². The van der Waals surface area contributed by atoms with Crippen molar-refractivity contribution >= 4 is 5.97 Å². The van der Waals surface area contributed by atoms with Crippen molar-refractivity contribution in [2.24, 2.45) is 5.92 Å². The fourth-order valence-corrected chi connectivity index (χ4v) is 2.72. The summed E-state index contributed by atoms with van der Waals surface area (Å²) in [5.74, 6) is 0.376. The second kappa shape index (κ2) is 23.6. The fraction of sp³-hybridized carbons (Fsp3) is 0.957. The minimum atomic E-state index is -0.119. The van der Waals surface area contributed by atoms with E-state index < -0.39 is 0 Å². The van der Waals surface area contributed by atoms with Crippen LogP contribution in [0.2, 0.25) is 0 Å². The van der Waals surface area contributed by atoms with Crippen LogP contribution in [0.15, 0.2) is 0 Å². The van der Waals surface area contributed by atoms with Gasteiger partial charge in [0.2, 0.25) is 0 Å². The summed E-state index contributed by atoms with van der Waals surface area (Å²) < 4.78 is 27.2. The molecule has 0 aliphatic heterocycles.